The first-order valence-corrected chi connectivity index (χ1v) is 5.03. The summed E-state index contributed by atoms with van der Waals surface area (Å²) >= 11 is 3.27. The van der Waals surface area contributed by atoms with Gasteiger partial charge in [-0.25, -0.2) is 4.98 Å². The van der Waals surface area contributed by atoms with Crippen LogP contribution in [-0.4, -0.2) is 10.3 Å². The van der Waals surface area contributed by atoms with Crippen LogP contribution in [0.25, 0.3) is 0 Å². The highest BCUT2D eigenvalue weighted by molar-refractivity contribution is 9.09. The molecule has 0 spiro atoms. The molecule has 0 atom stereocenters. The van der Waals surface area contributed by atoms with Crippen LogP contribution >= 0.6 is 15.9 Å². The Morgan fingerprint density at radius 3 is 3.00 bits per heavy atom. The van der Waals surface area contributed by atoms with Crippen LogP contribution in [-0.2, 0) is 0 Å². The largest absolute Gasteiger partial charge is 0.227 e. The van der Waals surface area contributed by atoms with E-state index >= 15 is 0 Å². The van der Waals surface area contributed by atoms with Crippen molar-refractivity contribution < 1.29 is 4.39 Å². The minimum atomic E-state index is -0.455. The van der Waals surface area contributed by atoms with E-state index in [1.54, 1.807) is 0 Å². The molecule has 68 valence electrons. The second-order valence-corrected chi connectivity index (χ2v) is 3.36. The Kier molecular flexibility index (Phi) is 3.91. The van der Waals surface area contributed by atoms with Gasteiger partial charge in [0.2, 0.25) is 5.95 Å². The first-order valence-electron chi connectivity index (χ1n) is 3.91. The minimum Gasteiger partial charge on any atom is -0.227 e. The molecule has 0 bridgehead atoms. The predicted molar refractivity (Wildman–Crippen MR) is 54.2 cm³/mol. The molecule has 0 N–H and O–H groups in total. The summed E-state index contributed by atoms with van der Waals surface area (Å²) in [4.78, 5) is 3.54. The summed E-state index contributed by atoms with van der Waals surface area (Å²) in [6.45, 7) is 1.82. The zero-order valence-electron chi connectivity index (χ0n) is 7.27. The molecule has 0 unspecified atom stereocenters. The molecule has 0 fully saturated rings. The summed E-state index contributed by atoms with van der Waals surface area (Å²) in [5.74, 6) is 5.43. The maximum Gasteiger partial charge on any atom is 0.213 e. The molecule has 0 aliphatic heterocycles. The number of alkyl halides is 1. The van der Waals surface area contributed by atoms with Crippen LogP contribution in [0.3, 0.4) is 0 Å². The number of aryl methyl sites for hydroxylation is 1. The van der Waals surface area contributed by atoms with E-state index in [1.165, 1.54) is 12.3 Å². The summed E-state index contributed by atoms with van der Waals surface area (Å²) < 4.78 is 12.6. The third-order valence-corrected chi connectivity index (χ3v) is 1.92. The number of nitrogens with zero attached hydrogens (tertiary/aromatic N) is 1. The highest BCUT2D eigenvalue weighted by Gasteiger charge is 1.96. The molecule has 3 heteroatoms. The Balaban J connectivity index is 2.85. The molecule has 0 aliphatic rings. The molecule has 13 heavy (non-hydrogen) atoms. The quantitative estimate of drug-likeness (QED) is 0.419. The second kappa shape index (κ2) is 4.98. The lowest BCUT2D eigenvalue weighted by molar-refractivity contribution is 0.582. The van der Waals surface area contributed by atoms with E-state index in [9.17, 15) is 4.39 Å². The van der Waals surface area contributed by atoms with Crippen molar-refractivity contribution in [2.45, 2.75) is 13.3 Å². The molecule has 0 saturated carbocycles. The van der Waals surface area contributed by atoms with Gasteiger partial charge in [0.15, 0.2) is 0 Å². The normalized spacial score (nSPS) is 9.15. The average Bonchev–Trinajstić information content (AvgIpc) is 2.09. The smallest absolute Gasteiger partial charge is 0.213 e. The van der Waals surface area contributed by atoms with Gasteiger partial charge in [0.1, 0.15) is 0 Å². The van der Waals surface area contributed by atoms with Gasteiger partial charge in [-0.05, 0) is 18.6 Å². The van der Waals surface area contributed by atoms with Crippen LogP contribution in [0.4, 0.5) is 4.39 Å². The first-order chi connectivity index (χ1) is 6.24. The van der Waals surface area contributed by atoms with Gasteiger partial charge in [0.25, 0.3) is 0 Å². The van der Waals surface area contributed by atoms with Gasteiger partial charge in [-0.15, -0.1) is 0 Å². The lowest BCUT2D eigenvalue weighted by Crippen LogP contribution is -1.88. The van der Waals surface area contributed by atoms with E-state index in [4.69, 9.17) is 0 Å². The number of pyridine rings is 1. The summed E-state index contributed by atoms with van der Waals surface area (Å²) in [6.07, 6.45) is 2.25. The van der Waals surface area contributed by atoms with Gasteiger partial charge in [0.05, 0.1) is 0 Å². The highest BCUT2D eigenvalue weighted by atomic mass is 79.9. The number of aromatic nitrogens is 1. The Hall–Kier alpha value is -0.880. The average molecular weight is 242 g/mol. The van der Waals surface area contributed by atoms with Crippen molar-refractivity contribution in [3.8, 4) is 11.8 Å². The van der Waals surface area contributed by atoms with E-state index in [0.29, 0.717) is 0 Å². The predicted octanol–water partition coefficient (Wildman–Crippen LogP) is 2.67. The molecule has 0 amide bonds. The Morgan fingerprint density at radius 1 is 1.62 bits per heavy atom. The number of hydrogen-bond donors (Lipinski definition) is 0. The monoisotopic (exact) mass is 241 g/mol. The zero-order chi connectivity index (χ0) is 9.68. The van der Waals surface area contributed by atoms with Gasteiger partial charge in [-0.2, -0.15) is 4.39 Å². The van der Waals surface area contributed by atoms with Gasteiger partial charge in [-0.1, -0.05) is 27.8 Å². The Labute approximate surface area is 85.5 Å². The summed E-state index contributed by atoms with van der Waals surface area (Å²) in [7, 11) is 0. The molecule has 1 rings (SSSR count). The van der Waals surface area contributed by atoms with Gasteiger partial charge < -0.3 is 0 Å². The molecule has 0 radical (unpaired) electrons. The van der Waals surface area contributed by atoms with Crippen molar-refractivity contribution in [2.24, 2.45) is 0 Å². The lowest BCUT2D eigenvalue weighted by Gasteiger charge is -1.95. The molecule has 1 aromatic rings. The highest BCUT2D eigenvalue weighted by Crippen LogP contribution is 2.05. The topological polar surface area (TPSA) is 12.9 Å². The zero-order valence-corrected chi connectivity index (χ0v) is 8.86. The SMILES string of the molecule is Cc1cc(F)ncc1C#CCCBr. The molecule has 0 aliphatic carbocycles. The van der Waals surface area contributed by atoms with E-state index < -0.39 is 5.95 Å². The number of rotatable bonds is 1. The van der Waals surface area contributed by atoms with Crippen LogP contribution in [0, 0.1) is 24.7 Å². The molecular weight excluding hydrogens is 233 g/mol. The maximum atomic E-state index is 12.6. The minimum absolute atomic E-state index is 0.455. The molecule has 0 saturated heterocycles. The molecule has 0 aromatic carbocycles. The van der Waals surface area contributed by atoms with Crippen molar-refractivity contribution in [2.75, 3.05) is 5.33 Å². The first kappa shape index (κ1) is 10.2. The van der Waals surface area contributed by atoms with Crippen LogP contribution in [0.15, 0.2) is 12.3 Å². The molecule has 1 aromatic heterocycles. The van der Waals surface area contributed by atoms with E-state index in [-0.39, 0.29) is 0 Å². The number of halogens is 2. The van der Waals surface area contributed by atoms with Crippen LogP contribution < -0.4 is 0 Å². The van der Waals surface area contributed by atoms with Gasteiger partial charge in [0, 0.05) is 23.5 Å². The third-order valence-electron chi connectivity index (χ3n) is 1.52. The van der Waals surface area contributed by atoms with E-state index in [1.807, 2.05) is 6.92 Å². The van der Waals surface area contributed by atoms with Gasteiger partial charge in [-0.3, -0.25) is 0 Å². The van der Waals surface area contributed by atoms with Crippen LogP contribution in [0.5, 0.6) is 0 Å². The Bertz CT molecular complexity index is 352. The molecular formula is C10H9BrFN. The molecule has 1 nitrogen and oxygen atoms in total. The fourth-order valence-electron chi connectivity index (χ4n) is 0.858. The summed E-state index contributed by atoms with van der Waals surface area (Å²) in [6, 6.07) is 1.39. The number of hydrogen-bond acceptors (Lipinski definition) is 1. The van der Waals surface area contributed by atoms with E-state index in [0.717, 1.165) is 22.9 Å². The summed E-state index contributed by atoms with van der Waals surface area (Å²) in [5.41, 5.74) is 1.62. The van der Waals surface area contributed by atoms with Crippen molar-refractivity contribution in [3.63, 3.8) is 0 Å². The van der Waals surface area contributed by atoms with Crippen LogP contribution in [0.1, 0.15) is 17.5 Å². The van der Waals surface area contributed by atoms with Crippen molar-refractivity contribution in [1.29, 1.82) is 0 Å². The third kappa shape index (κ3) is 3.16. The fraction of sp³-hybridized carbons (Fsp3) is 0.300. The standard InChI is InChI=1S/C10H9BrFN/c1-8-6-10(12)13-7-9(8)4-2-3-5-11/h6-7H,3,5H2,1H3. The maximum absolute atomic E-state index is 12.6. The van der Waals surface area contributed by atoms with Crippen molar-refractivity contribution in [3.05, 3.63) is 29.3 Å². The summed E-state index contributed by atoms with van der Waals surface area (Å²) in [5, 5.41) is 0.855. The fourth-order valence-corrected chi connectivity index (χ4v) is 1.06. The second-order valence-electron chi connectivity index (χ2n) is 2.56. The van der Waals surface area contributed by atoms with Gasteiger partial charge >= 0.3 is 0 Å². The Morgan fingerprint density at radius 2 is 2.38 bits per heavy atom. The van der Waals surface area contributed by atoms with E-state index in [2.05, 4.69) is 32.8 Å². The van der Waals surface area contributed by atoms with Crippen LogP contribution in [0.2, 0.25) is 0 Å². The molecule has 1 heterocycles. The van der Waals surface area contributed by atoms with Crippen molar-refractivity contribution in [1.82, 2.24) is 4.98 Å². The van der Waals surface area contributed by atoms with Crippen molar-refractivity contribution >= 4 is 15.9 Å². The lowest BCUT2D eigenvalue weighted by atomic mass is 10.1.